The molecular weight excluding hydrogens is 402 g/mol. The van der Waals surface area contributed by atoms with Gasteiger partial charge in [0.05, 0.1) is 4.91 Å². The van der Waals surface area contributed by atoms with Crippen LogP contribution >= 0.6 is 27.7 Å². The topological polar surface area (TPSA) is 49.1 Å². The molecule has 0 saturated carbocycles. The van der Waals surface area contributed by atoms with E-state index in [9.17, 15) is 4.79 Å². The molecule has 4 rings (SSSR count). The number of halogens is 1. The van der Waals surface area contributed by atoms with Crippen LogP contribution in [-0.4, -0.2) is 42.2 Å². The van der Waals surface area contributed by atoms with Crippen molar-refractivity contribution in [2.24, 2.45) is 4.99 Å². The van der Waals surface area contributed by atoms with Crippen LogP contribution in [0.5, 0.6) is 0 Å². The van der Waals surface area contributed by atoms with Crippen LogP contribution in [0, 0.1) is 0 Å². The number of anilines is 1. The molecule has 5 nitrogen and oxygen atoms in total. The van der Waals surface area contributed by atoms with Crippen LogP contribution in [0.15, 0.2) is 61.4 Å². The molecule has 1 fully saturated rings. The van der Waals surface area contributed by atoms with Crippen molar-refractivity contribution in [3.8, 4) is 0 Å². The molecule has 0 bridgehead atoms. The number of aliphatic imine (C=N–C) groups is 1. The van der Waals surface area contributed by atoms with Gasteiger partial charge in [0.2, 0.25) is 0 Å². The van der Waals surface area contributed by atoms with E-state index in [0.29, 0.717) is 15.3 Å². The molecule has 128 valence electrons. The molecule has 25 heavy (non-hydrogen) atoms. The Labute approximate surface area is 158 Å². The van der Waals surface area contributed by atoms with Crippen molar-refractivity contribution in [3.63, 3.8) is 0 Å². The third kappa shape index (κ3) is 3.67. The first-order chi connectivity index (χ1) is 12.2. The first-order valence-electron chi connectivity index (χ1n) is 8.02. The van der Waals surface area contributed by atoms with Gasteiger partial charge < -0.3 is 14.2 Å². The molecule has 1 amide bonds. The number of nitrogens with zero attached hydrogens (tertiary/aromatic N) is 3. The summed E-state index contributed by atoms with van der Waals surface area (Å²) in [4.78, 5) is 21.5. The molecule has 2 aromatic rings. The summed E-state index contributed by atoms with van der Waals surface area (Å²) >= 11 is 4.69. The summed E-state index contributed by atoms with van der Waals surface area (Å²) in [6.45, 7) is 3.55. The second-order valence-electron chi connectivity index (χ2n) is 5.76. The van der Waals surface area contributed by atoms with Crippen molar-refractivity contribution in [2.45, 2.75) is 0 Å². The van der Waals surface area contributed by atoms with Gasteiger partial charge in [-0.15, -0.1) is 0 Å². The summed E-state index contributed by atoms with van der Waals surface area (Å²) in [7, 11) is 0. The van der Waals surface area contributed by atoms with E-state index in [2.05, 4.69) is 55.0 Å². The number of carbonyl (C=O) groups is 1. The Hall–Kier alpha value is -1.99. The fraction of sp³-hybridized carbons (Fsp3) is 0.222. The maximum Gasteiger partial charge on any atom is 0.286 e. The monoisotopic (exact) mass is 417 g/mol. The van der Waals surface area contributed by atoms with E-state index >= 15 is 0 Å². The van der Waals surface area contributed by atoms with Crippen molar-refractivity contribution in [1.29, 1.82) is 0 Å². The van der Waals surface area contributed by atoms with Crippen LogP contribution in [-0.2, 0) is 4.79 Å². The number of para-hydroxylation sites is 1. The van der Waals surface area contributed by atoms with Crippen molar-refractivity contribution in [2.75, 3.05) is 31.1 Å². The maximum absolute atomic E-state index is 12.2. The number of thioether (sulfide) groups is 1. The highest BCUT2D eigenvalue weighted by atomic mass is 79.9. The number of amidine groups is 1. The molecule has 7 heteroatoms. The van der Waals surface area contributed by atoms with Crippen LogP contribution in [0.4, 0.5) is 5.69 Å². The van der Waals surface area contributed by atoms with Crippen LogP contribution in [0.1, 0.15) is 5.76 Å². The minimum atomic E-state index is -0.196. The van der Waals surface area contributed by atoms with Crippen LogP contribution in [0.2, 0.25) is 0 Å². The molecule has 1 aromatic heterocycles. The molecular formula is C18H16BrN3O2S. The van der Waals surface area contributed by atoms with Gasteiger partial charge in [-0.25, -0.2) is 0 Å². The van der Waals surface area contributed by atoms with Gasteiger partial charge in [0.1, 0.15) is 5.76 Å². The zero-order chi connectivity index (χ0) is 17.2. The molecule has 1 aromatic carbocycles. The number of piperazine rings is 1. The Morgan fingerprint density at radius 1 is 1.04 bits per heavy atom. The molecule has 0 unspecified atom stereocenters. The van der Waals surface area contributed by atoms with Gasteiger partial charge in [0.25, 0.3) is 5.91 Å². The average Bonchev–Trinajstić information content (AvgIpc) is 3.22. The summed E-state index contributed by atoms with van der Waals surface area (Å²) in [6.07, 6.45) is 1.74. The molecule has 1 saturated heterocycles. The number of amides is 1. The first kappa shape index (κ1) is 16.5. The molecule has 0 spiro atoms. The lowest BCUT2D eigenvalue weighted by Gasteiger charge is -2.36. The van der Waals surface area contributed by atoms with Crippen molar-refractivity contribution in [1.82, 2.24) is 4.90 Å². The van der Waals surface area contributed by atoms with Crippen LogP contribution in [0.3, 0.4) is 0 Å². The second kappa shape index (κ2) is 7.09. The van der Waals surface area contributed by atoms with Gasteiger partial charge in [0, 0.05) is 37.9 Å². The Morgan fingerprint density at radius 3 is 2.44 bits per heavy atom. The smallest absolute Gasteiger partial charge is 0.286 e. The van der Waals surface area contributed by atoms with Gasteiger partial charge in [-0.2, -0.15) is 4.99 Å². The van der Waals surface area contributed by atoms with Crippen molar-refractivity contribution >= 4 is 50.5 Å². The number of hydrogen-bond acceptors (Lipinski definition) is 5. The Kier molecular flexibility index (Phi) is 4.67. The molecule has 2 aliphatic rings. The first-order valence-corrected chi connectivity index (χ1v) is 9.63. The Balaban J connectivity index is 1.40. The van der Waals surface area contributed by atoms with Crippen LogP contribution < -0.4 is 4.90 Å². The van der Waals surface area contributed by atoms with Gasteiger partial charge in [-0.3, -0.25) is 4.79 Å². The number of benzene rings is 1. The number of furan rings is 1. The fourth-order valence-electron chi connectivity index (χ4n) is 2.86. The van der Waals surface area contributed by atoms with E-state index in [1.54, 1.807) is 12.1 Å². The quantitative estimate of drug-likeness (QED) is 0.694. The Bertz CT molecular complexity index is 839. The standard InChI is InChI=1S/C18H16BrN3O2S/c19-16-7-6-14(24-16)12-15-17(23)20-18(25-15)22-10-8-21(9-11-22)13-4-2-1-3-5-13/h1-7,12H,8-11H2. The minimum Gasteiger partial charge on any atom is -0.450 e. The van der Waals surface area contributed by atoms with Gasteiger partial charge in [-0.05, 0) is 52.0 Å². The summed E-state index contributed by atoms with van der Waals surface area (Å²) < 4.78 is 6.09. The highest BCUT2D eigenvalue weighted by Crippen LogP contribution is 2.31. The highest BCUT2D eigenvalue weighted by Gasteiger charge is 2.28. The molecule has 0 atom stereocenters. The van der Waals surface area contributed by atoms with E-state index in [0.717, 1.165) is 31.3 Å². The average molecular weight is 418 g/mol. The summed E-state index contributed by atoms with van der Waals surface area (Å²) in [5.41, 5.74) is 1.24. The lowest BCUT2D eigenvalue weighted by Crippen LogP contribution is -2.47. The maximum atomic E-state index is 12.2. The zero-order valence-electron chi connectivity index (χ0n) is 13.4. The largest absolute Gasteiger partial charge is 0.450 e. The fourth-order valence-corrected chi connectivity index (χ4v) is 4.13. The summed E-state index contributed by atoms with van der Waals surface area (Å²) in [5, 5.41) is 0.787. The van der Waals surface area contributed by atoms with Gasteiger partial charge in [0.15, 0.2) is 9.84 Å². The van der Waals surface area contributed by atoms with Crippen molar-refractivity contribution in [3.05, 3.63) is 57.8 Å². The predicted octanol–water partition coefficient (Wildman–Crippen LogP) is 3.83. The molecule has 0 aliphatic carbocycles. The summed E-state index contributed by atoms with van der Waals surface area (Å²) in [6, 6.07) is 14.0. The van der Waals surface area contributed by atoms with E-state index in [4.69, 9.17) is 4.42 Å². The number of rotatable bonds is 2. The highest BCUT2D eigenvalue weighted by molar-refractivity contribution is 9.10. The zero-order valence-corrected chi connectivity index (χ0v) is 15.8. The predicted molar refractivity (Wildman–Crippen MR) is 105 cm³/mol. The van der Waals surface area contributed by atoms with Crippen LogP contribution in [0.25, 0.3) is 6.08 Å². The second-order valence-corrected chi connectivity index (χ2v) is 7.55. The van der Waals surface area contributed by atoms with E-state index in [-0.39, 0.29) is 5.91 Å². The number of carbonyl (C=O) groups excluding carboxylic acids is 1. The van der Waals surface area contributed by atoms with Crippen molar-refractivity contribution < 1.29 is 9.21 Å². The van der Waals surface area contributed by atoms with E-state index < -0.39 is 0 Å². The lowest BCUT2D eigenvalue weighted by atomic mass is 10.2. The van der Waals surface area contributed by atoms with Gasteiger partial charge in [-0.1, -0.05) is 18.2 Å². The molecule has 2 aliphatic heterocycles. The Morgan fingerprint density at radius 2 is 1.76 bits per heavy atom. The lowest BCUT2D eigenvalue weighted by molar-refractivity contribution is -0.113. The SMILES string of the molecule is O=C1N=C(N2CCN(c3ccccc3)CC2)SC1=Cc1ccc(Br)o1. The van der Waals surface area contributed by atoms with E-state index in [1.165, 1.54) is 17.4 Å². The van der Waals surface area contributed by atoms with E-state index in [1.807, 2.05) is 12.1 Å². The number of hydrogen-bond donors (Lipinski definition) is 0. The molecule has 0 N–H and O–H groups in total. The van der Waals surface area contributed by atoms with Gasteiger partial charge >= 0.3 is 0 Å². The summed E-state index contributed by atoms with van der Waals surface area (Å²) in [5.74, 6) is 0.450. The third-order valence-electron chi connectivity index (χ3n) is 4.15. The minimum absolute atomic E-state index is 0.196. The third-order valence-corrected chi connectivity index (χ3v) is 5.62. The normalized spacial score (nSPS) is 19.6. The molecule has 3 heterocycles. The molecule has 0 radical (unpaired) electrons.